The maximum atomic E-state index is 13.3. The molecule has 28 heavy (non-hydrogen) atoms. The standard InChI is InChI=1S/C20H20ClFN2O3S/c1-20(2)11-24(19(25)12-3-4-12)18-8-6-14(10-15(18)20)28(26,27)23-13-5-7-17(22)16(21)9-13/h5-10,12,23H,3-4,11H2,1-2H3. The summed E-state index contributed by atoms with van der Waals surface area (Å²) in [5, 5.41) is -0.162. The van der Waals surface area contributed by atoms with Gasteiger partial charge in [0.05, 0.1) is 15.6 Å². The lowest BCUT2D eigenvalue weighted by molar-refractivity contribution is -0.119. The van der Waals surface area contributed by atoms with Crippen LogP contribution in [0.5, 0.6) is 0 Å². The van der Waals surface area contributed by atoms with E-state index >= 15 is 0 Å². The summed E-state index contributed by atoms with van der Waals surface area (Å²) in [7, 11) is -3.89. The van der Waals surface area contributed by atoms with Crippen molar-refractivity contribution in [3.05, 3.63) is 52.8 Å². The minimum Gasteiger partial charge on any atom is -0.311 e. The number of hydrogen-bond acceptors (Lipinski definition) is 3. The second-order valence-electron chi connectivity index (χ2n) is 8.00. The number of carbonyl (C=O) groups excluding carboxylic acids is 1. The number of benzene rings is 2. The Bertz CT molecular complexity index is 1080. The fraction of sp³-hybridized carbons (Fsp3) is 0.350. The Morgan fingerprint density at radius 1 is 1.21 bits per heavy atom. The molecule has 5 nitrogen and oxygen atoms in total. The number of anilines is 2. The molecular weight excluding hydrogens is 403 g/mol. The molecule has 0 spiro atoms. The van der Waals surface area contributed by atoms with E-state index in [4.69, 9.17) is 11.6 Å². The second-order valence-corrected chi connectivity index (χ2v) is 10.1. The Labute approximate surface area is 168 Å². The van der Waals surface area contributed by atoms with E-state index in [1.807, 2.05) is 13.8 Å². The summed E-state index contributed by atoms with van der Waals surface area (Å²) < 4.78 is 41.4. The third-order valence-electron chi connectivity index (χ3n) is 5.22. The SMILES string of the molecule is CC1(C)CN(C(=O)C2CC2)c2ccc(S(=O)(=O)Nc3ccc(F)c(Cl)c3)cc21. The molecule has 0 atom stereocenters. The average molecular weight is 423 g/mol. The number of amides is 1. The molecule has 0 unspecified atom stereocenters. The molecule has 1 N–H and O–H groups in total. The van der Waals surface area contributed by atoms with Gasteiger partial charge in [0, 0.05) is 23.6 Å². The van der Waals surface area contributed by atoms with E-state index in [9.17, 15) is 17.6 Å². The lowest BCUT2D eigenvalue weighted by Gasteiger charge is -2.20. The first kappa shape index (κ1) is 19.2. The average Bonchev–Trinajstić information content (AvgIpc) is 3.43. The topological polar surface area (TPSA) is 66.5 Å². The van der Waals surface area contributed by atoms with E-state index in [1.54, 1.807) is 17.0 Å². The van der Waals surface area contributed by atoms with Crippen LogP contribution in [0.3, 0.4) is 0 Å². The summed E-state index contributed by atoms with van der Waals surface area (Å²) in [5.74, 6) is -0.416. The zero-order valence-electron chi connectivity index (χ0n) is 15.5. The van der Waals surface area contributed by atoms with E-state index < -0.39 is 15.8 Å². The van der Waals surface area contributed by atoms with Gasteiger partial charge in [-0.15, -0.1) is 0 Å². The first-order valence-electron chi connectivity index (χ1n) is 9.02. The van der Waals surface area contributed by atoms with Gasteiger partial charge in [0.2, 0.25) is 5.91 Å². The Kier molecular flexibility index (Phi) is 4.43. The third kappa shape index (κ3) is 3.37. The molecule has 1 aliphatic carbocycles. The molecule has 148 valence electrons. The monoisotopic (exact) mass is 422 g/mol. The maximum Gasteiger partial charge on any atom is 0.261 e. The quantitative estimate of drug-likeness (QED) is 0.798. The van der Waals surface area contributed by atoms with Crippen LogP contribution in [0.2, 0.25) is 5.02 Å². The summed E-state index contributed by atoms with van der Waals surface area (Å²) in [6.07, 6.45) is 1.84. The van der Waals surface area contributed by atoms with Crippen molar-refractivity contribution >= 4 is 38.9 Å². The minimum absolute atomic E-state index is 0.0838. The summed E-state index contributed by atoms with van der Waals surface area (Å²) in [5.41, 5.74) is 1.41. The number of nitrogens with one attached hydrogen (secondary N) is 1. The van der Waals surface area contributed by atoms with Crippen LogP contribution in [0.4, 0.5) is 15.8 Å². The van der Waals surface area contributed by atoms with Crippen LogP contribution >= 0.6 is 11.6 Å². The van der Waals surface area contributed by atoms with Crippen LogP contribution in [0.15, 0.2) is 41.3 Å². The molecule has 1 fully saturated rings. The minimum atomic E-state index is -3.89. The molecule has 2 aliphatic rings. The van der Waals surface area contributed by atoms with Gasteiger partial charge in [-0.05, 0) is 54.8 Å². The third-order valence-corrected chi connectivity index (χ3v) is 6.88. The number of sulfonamides is 1. The molecule has 4 rings (SSSR count). The molecule has 0 aromatic heterocycles. The van der Waals surface area contributed by atoms with Crippen molar-refractivity contribution in [2.45, 2.75) is 37.0 Å². The van der Waals surface area contributed by atoms with Crippen LogP contribution in [-0.4, -0.2) is 20.9 Å². The van der Waals surface area contributed by atoms with Crippen LogP contribution in [0.1, 0.15) is 32.3 Å². The van der Waals surface area contributed by atoms with E-state index in [1.165, 1.54) is 18.2 Å². The first-order chi connectivity index (χ1) is 13.1. The van der Waals surface area contributed by atoms with Gasteiger partial charge in [-0.3, -0.25) is 9.52 Å². The highest BCUT2D eigenvalue weighted by atomic mass is 35.5. The Balaban J connectivity index is 1.67. The molecule has 2 aromatic carbocycles. The van der Waals surface area contributed by atoms with Crippen molar-refractivity contribution in [3.63, 3.8) is 0 Å². The smallest absolute Gasteiger partial charge is 0.261 e. The summed E-state index contributed by atoms with van der Waals surface area (Å²) in [6.45, 7) is 4.52. The predicted molar refractivity (Wildman–Crippen MR) is 107 cm³/mol. The molecule has 0 radical (unpaired) electrons. The van der Waals surface area contributed by atoms with Gasteiger partial charge < -0.3 is 4.90 Å². The Morgan fingerprint density at radius 2 is 1.93 bits per heavy atom. The summed E-state index contributed by atoms with van der Waals surface area (Å²) in [6, 6.07) is 8.43. The number of hydrogen-bond donors (Lipinski definition) is 1. The number of halogens is 2. The van der Waals surface area contributed by atoms with Crippen LogP contribution in [0, 0.1) is 11.7 Å². The van der Waals surface area contributed by atoms with Crippen molar-refractivity contribution in [1.82, 2.24) is 0 Å². The fourth-order valence-electron chi connectivity index (χ4n) is 3.55. The van der Waals surface area contributed by atoms with Crippen LogP contribution in [0.25, 0.3) is 0 Å². The molecule has 1 aliphatic heterocycles. The lowest BCUT2D eigenvalue weighted by Crippen LogP contribution is -2.34. The highest BCUT2D eigenvalue weighted by Gasteiger charge is 2.43. The predicted octanol–water partition coefficient (Wildman–Crippen LogP) is 4.31. The Hall–Kier alpha value is -2.12. The second kappa shape index (κ2) is 6.46. The molecule has 2 aromatic rings. The van der Waals surface area contributed by atoms with Gasteiger partial charge in [-0.2, -0.15) is 0 Å². The number of nitrogens with zero attached hydrogens (tertiary/aromatic N) is 1. The van der Waals surface area contributed by atoms with Crippen molar-refractivity contribution in [1.29, 1.82) is 0 Å². The van der Waals surface area contributed by atoms with E-state index in [-0.39, 0.29) is 32.8 Å². The van der Waals surface area contributed by atoms with Crippen LogP contribution < -0.4 is 9.62 Å². The normalized spacial score (nSPS) is 18.1. The van der Waals surface area contributed by atoms with Gasteiger partial charge in [0.15, 0.2) is 0 Å². The van der Waals surface area contributed by atoms with Gasteiger partial charge in [0.1, 0.15) is 5.82 Å². The van der Waals surface area contributed by atoms with E-state index in [0.29, 0.717) is 6.54 Å². The van der Waals surface area contributed by atoms with Crippen molar-refractivity contribution in [3.8, 4) is 0 Å². The summed E-state index contributed by atoms with van der Waals surface area (Å²) >= 11 is 5.73. The van der Waals surface area contributed by atoms with E-state index in [2.05, 4.69) is 4.72 Å². The molecule has 1 saturated carbocycles. The number of fused-ring (bicyclic) bond motifs is 1. The largest absolute Gasteiger partial charge is 0.311 e. The molecule has 8 heteroatoms. The van der Waals surface area contributed by atoms with Crippen molar-refractivity contribution < 1.29 is 17.6 Å². The molecule has 0 bridgehead atoms. The molecule has 1 amide bonds. The van der Waals surface area contributed by atoms with Gasteiger partial charge >= 0.3 is 0 Å². The summed E-state index contributed by atoms with van der Waals surface area (Å²) in [4.78, 5) is 14.5. The first-order valence-corrected chi connectivity index (χ1v) is 10.9. The zero-order valence-corrected chi connectivity index (χ0v) is 17.1. The van der Waals surface area contributed by atoms with Crippen molar-refractivity contribution in [2.75, 3.05) is 16.2 Å². The Morgan fingerprint density at radius 3 is 2.57 bits per heavy atom. The van der Waals surface area contributed by atoms with Crippen LogP contribution in [-0.2, 0) is 20.2 Å². The highest BCUT2D eigenvalue weighted by Crippen LogP contribution is 2.44. The highest BCUT2D eigenvalue weighted by molar-refractivity contribution is 7.92. The maximum absolute atomic E-state index is 13.3. The fourth-order valence-corrected chi connectivity index (χ4v) is 4.80. The van der Waals surface area contributed by atoms with Gasteiger partial charge in [-0.25, -0.2) is 12.8 Å². The van der Waals surface area contributed by atoms with E-state index in [0.717, 1.165) is 30.2 Å². The number of rotatable bonds is 4. The molecular formula is C20H20ClFN2O3S. The van der Waals surface area contributed by atoms with Crippen molar-refractivity contribution in [2.24, 2.45) is 5.92 Å². The molecule has 1 heterocycles. The lowest BCUT2D eigenvalue weighted by atomic mass is 9.87. The molecule has 0 saturated heterocycles. The van der Waals surface area contributed by atoms with Gasteiger partial charge in [0.25, 0.3) is 10.0 Å². The van der Waals surface area contributed by atoms with Gasteiger partial charge in [-0.1, -0.05) is 25.4 Å². The number of carbonyl (C=O) groups is 1. The zero-order chi connectivity index (χ0) is 20.3.